The first-order chi connectivity index (χ1) is 12.3. The van der Waals surface area contributed by atoms with Crippen molar-refractivity contribution in [3.63, 3.8) is 0 Å². The van der Waals surface area contributed by atoms with Crippen molar-refractivity contribution in [1.29, 1.82) is 0 Å². The van der Waals surface area contributed by atoms with Gasteiger partial charge in [0.05, 0.1) is 18.8 Å². The first kappa shape index (κ1) is 19.4. The van der Waals surface area contributed by atoms with Gasteiger partial charge in [-0.25, -0.2) is 0 Å². The number of aliphatic hydroxyl groups is 1. The topological polar surface area (TPSA) is 54.0 Å². The molecule has 1 aromatic rings. The number of piperidine rings is 1. The monoisotopic (exact) mass is 374 g/mol. The fourth-order valence-corrected chi connectivity index (χ4v) is 3.42. The van der Waals surface area contributed by atoms with Gasteiger partial charge in [0.2, 0.25) is 0 Å². The normalized spacial score (nSPS) is 26.5. The predicted octanol–water partition coefficient (Wildman–Crippen LogP) is 1.90. The lowest BCUT2D eigenvalue weighted by atomic mass is 10.0. The molecule has 2 aliphatic rings. The zero-order chi connectivity index (χ0) is 18.6. The van der Waals surface area contributed by atoms with Crippen molar-refractivity contribution < 1.29 is 27.8 Å². The van der Waals surface area contributed by atoms with E-state index >= 15 is 0 Å². The highest BCUT2D eigenvalue weighted by molar-refractivity contribution is 5.30. The third-order valence-corrected chi connectivity index (χ3v) is 4.76. The van der Waals surface area contributed by atoms with E-state index in [9.17, 15) is 18.3 Å². The maximum atomic E-state index is 12.8. The first-order valence-corrected chi connectivity index (χ1v) is 8.91. The maximum Gasteiger partial charge on any atom is 0.416 e. The molecule has 2 N–H and O–H groups in total. The lowest BCUT2D eigenvalue weighted by Gasteiger charge is -2.37. The van der Waals surface area contributed by atoms with Gasteiger partial charge in [-0.05, 0) is 31.0 Å². The number of nitrogens with zero attached hydrogens (tertiary/aromatic N) is 1. The van der Waals surface area contributed by atoms with E-state index in [1.165, 1.54) is 6.07 Å². The number of benzene rings is 1. The number of nitrogens with one attached hydrogen (secondary N) is 1. The maximum absolute atomic E-state index is 12.8. The van der Waals surface area contributed by atoms with Crippen LogP contribution in [0.4, 0.5) is 13.2 Å². The molecule has 0 saturated carbocycles. The van der Waals surface area contributed by atoms with Gasteiger partial charge >= 0.3 is 6.18 Å². The molecule has 0 aromatic heterocycles. The number of halogens is 3. The Morgan fingerprint density at radius 2 is 2.08 bits per heavy atom. The zero-order valence-corrected chi connectivity index (χ0v) is 14.6. The lowest BCUT2D eigenvalue weighted by molar-refractivity contribution is -0.137. The average molecular weight is 374 g/mol. The Hall–Kier alpha value is -1.35. The molecule has 0 bridgehead atoms. The van der Waals surface area contributed by atoms with Crippen LogP contribution in [0.1, 0.15) is 18.4 Å². The van der Waals surface area contributed by atoms with Gasteiger partial charge in [-0.15, -0.1) is 0 Å². The highest BCUT2D eigenvalue weighted by Crippen LogP contribution is 2.32. The molecule has 2 aliphatic heterocycles. The van der Waals surface area contributed by atoms with Crippen molar-refractivity contribution in [2.45, 2.75) is 30.7 Å². The summed E-state index contributed by atoms with van der Waals surface area (Å²) in [5, 5.41) is 13.8. The summed E-state index contributed by atoms with van der Waals surface area (Å²) in [5.74, 6) is 0.248. The molecule has 5 nitrogen and oxygen atoms in total. The summed E-state index contributed by atoms with van der Waals surface area (Å²) >= 11 is 0. The minimum Gasteiger partial charge on any atom is -0.490 e. The Balaban J connectivity index is 1.49. The van der Waals surface area contributed by atoms with Gasteiger partial charge < -0.3 is 24.8 Å². The number of ether oxygens (including phenoxy) is 2. The van der Waals surface area contributed by atoms with Gasteiger partial charge in [-0.1, -0.05) is 6.07 Å². The average Bonchev–Trinajstić information content (AvgIpc) is 2.81. The van der Waals surface area contributed by atoms with Gasteiger partial charge in [-0.3, -0.25) is 0 Å². The molecule has 0 aliphatic carbocycles. The SMILES string of the molecule is OC1(CN2CCC(Oc3cccc(C(F)(F)F)c3)CC2)CNCCOC1. The summed E-state index contributed by atoms with van der Waals surface area (Å²) in [4.78, 5) is 2.16. The Bertz CT molecular complexity index is 581. The van der Waals surface area contributed by atoms with Crippen LogP contribution in [-0.4, -0.2) is 67.6 Å². The molecule has 1 atom stereocenters. The molecule has 8 heteroatoms. The van der Waals surface area contributed by atoms with Crippen molar-refractivity contribution in [2.75, 3.05) is 45.9 Å². The van der Waals surface area contributed by atoms with E-state index in [2.05, 4.69) is 10.2 Å². The molecule has 0 spiro atoms. The second-order valence-electron chi connectivity index (χ2n) is 7.07. The van der Waals surface area contributed by atoms with Crippen LogP contribution in [0.25, 0.3) is 0 Å². The van der Waals surface area contributed by atoms with Crippen molar-refractivity contribution in [3.8, 4) is 5.75 Å². The Kier molecular flexibility index (Phi) is 6.06. The molecule has 1 unspecified atom stereocenters. The smallest absolute Gasteiger partial charge is 0.416 e. The van der Waals surface area contributed by atoms with E-state index in [0.29, 0.717) is 39.1 Å². The van der Waals surface area contributed by atoms with E-state index in [1.807, 2.05) is 0 Å². The second kappa shape index (κ2) is 8.12. The summed E-state index contributed by atoms with van der Waals surface area (Å²) < 4.78 is 49.5. The van der Waals surface area contributed by atoms with Crippen molar-refractivity contribution in [2.24, 2.45) is 0 Å². The van der Waals surface area contributed by atoms with Crippen LogP contribution in [0.3, 0.4) is 0 Å². The summed E-state index contributed by atoms with van der Waals surface area (Å²) in [7, 11) is 0. The molecule has 0 radical (unpaired) electrons. The minimum atomic E-state index is -4.37. The van der Waals surface area contributed by atoms with Gasteiger partial charge in [0.15, 0.2) is 0 Å². The zero-order valence-electron chi connectivity index (χ0n) is 14.6. The number of alkyl halides is 3. The van der Waals surface area contributed by atoms with E-state index in [-0.39, 0.29) is 11.9 Å². The Morgan fingerprint density at radius 3 is 2.81 bits per heavy atom. The quantitative estimate of drug-likeness (QED) is 0.843. The van der Waals surface area contributed by atoms with Crippen LogP contribution in [0.15, 0.2) is 24.3 Å². The molecule has 2 fully saturated rings. The summed E-state index contributed by atoms with van der Waals surface area (Å²) in [6, 6.07) is 5.00. The lowest BCUT2D eigenvalue weighted by Crippen LogP contribution is -2.53. The first-order valence-electron chi connectivity index (χ1n) is 8.91. The highest BCUT2D eigenvalue weighted by atomic mass is 19.4. The molecular weight excluding hydrogens is 349 g/mol. The Labute approximate surface area is 151 Å². The third kappa shape index (κ3) is 5.33. The fourth-order valence-electron chi connectivity index (χ4n) is 3.42. The molecule has 3 rings (SSSR count). The Morgan fingerprint density at radius 1 is 1.31 bits per heavy atom. The van der Waals surface area contributed by atoms with E-state index in [1.54, 1.807) is 6.07 Å². The largest absolute Gasteiger partial charge is 0.490 e. The van der Waals surface area contributed by atoms with Gasteiger partial charge in [0.1, 0.15) is 17.5 Å². The van der Waals surface area contributed by atoms with Crippen LogP contribution in [0.2, 0.25) is 0 Å². The van der Waals surface area contributed by atoms with Crippen molar-refractivity contribution >= 4 is 0 Å². The van der Waals surface area contributed by atoms with Gasteiger partial charge in [0, 0.05) is 32.7 Å². The van der Waals surface area contributed by atoms with Crippen molar-refractivity contribution in [1.82, 2.24) is 10.2 Å². The standard InChI is InChI=1S/C18H25F3N2O3/c19-18(20,21)14-2-1-3-16(10-14)26-15-4-7-23(8-5-15)12-17(24)11-22-6-9-25-13-17/h1-3,10,15,22,24H,4-9,11-13H2. The number of likely N-dealkylation sites (tertiary alicyclic amines) is 1. The molecule has 1 aromatic carbocycles. The fraction of sp³-hybridized carbons (Fsp3) is 0.667. The molecule has 26 heavy (non-hydrogen) atoms. The van der Waals surface area contributed by atoms with Crippen LogP contribution >= 0.6 is 0 Å². The van der Waals surface area contributed by atoms with Crippen LogP contribution < -0.4 is 10.1 Å². The number of β-amino-alcohol motifs (C(OH)–C–C–N with tert-alkyl or cyclic N) is 1. The van der Waals surface area contributed by atoms with E-state index in [4.69, 9.17) is 9.47 Å². The van der Waals surface area contributed by atoms with Crippen molar-refractivity contribution in [3.05, 3.63) is 29.8 Å². The molecule has 2 saturated heterocycles. The number of hydrogen-bond donors (Lipinski definition) is 2. The molecule has 0 amide bonds. The van der Waals surface area contributed by atoms with E-state index in [0.717, 1.165) is 31.8 Å². The molecular formula is C18H25F3N2O3. The van der Waals surface area contributed by atoms with Gasteiger partial charge in [0.25, 0.3) is 0 Å². The van der Waals surface area contributed by atoms with Crippen LogP contribution in [-0.2, 0) is 10.9 Å². The van der Waals surface area contributed by atoms with Crippen LogP contribution in [0.5, 0.6) is 5.75 Å². The van der Waals surface area contributed by atoms with Crippen LogP contribution in [0, 0.1) is 0 Å². The van der Waals surface area contributed by atoms with E-state index < -0.39 is 17.3 Å². The minimum absolute atomic E-state index is 0.118. The predicted molar refractivity (Wildman–Crippen MR) is 90.2 cm³/mol. The summed E-state index contributed by atoms with van der Waals surface area (Å²) in [5.41, 5.74) is -1.61. The summed E-state index contributed by atoms with van der Waals surface area (Å²) in [6.07, 6.45) is -3.07. The summed E-state index contributed by atoms with van der Waals surface area (Å²) in [6.45, 7) is 4.09. The number of hydrogen-bond acceptors (Lipinski definition) is 5. The molecule has 146 valence electrons. The third-order valence-electron chi connectivity index (χ3n) is 4.76. The van der Waals surface area contributed by atoms with Gasteiger partial charge in [-0.2, -0.15) is 13.2 Å². The molecule has 2 heterocycles. The highest BCUT2D eigenvalue weighted by Gasteiger charge is 2.34. The second-order valence-corrected chi connectivity index (χ2v) is 7.07. The number of rotatable bonds is 4.